The number of aryl methyl sites for hydroxylation is 2. The summed E-state index contributed by atoms with van der Waals surface area (Å²) in [6.07, 6.45) is 1.50. The molecule has 5 heteroatoms. The van der Waals surface area contributed by atoms with Crippen molar-refractivity contribution in [2.45, 2.75) is 20.8 Å². The lowest BCUT2D eigenvalue weighted by molar-refractivity contribution is -0.115. The van der Waals surface area contributed by atoms with E-state index in [9.17, 15) is 9.59 Å². The van der Waals surface area contributed by atoms with Crippen molar-refractivity contribution in [1.82, 2.24) is 14.8 Å². The molecule has 88 valence electrons. The minimum Gasteiger partial charge on any atom is -0.289 e. The van der Waals surface area contributed by atoms with Crippen LogP contribution in [0.1, 0.15) is 25.5 Å². The van der Waals surface area contributed by atoms with E-state index in [4.69, 9.17) is 0 Å². The van der Waals surface area contributed by atoms with E-state index in [2.05, 4.69) is 10.1 Å². The molecule has 0 spiro atoms. The molecule has 0 aliphatic heterocycles. The van der Waals surface area contributed by atoms with Crippen molar-refractivity contribution in [2.24, 2.45) is 7.05 Å². The molecule has 1 aliphatic rings. The van der Waals surface area contributed by atoms with E-state index in [1.54, 1.807) is 32.5 Å². The minimum absolute atomic E-state index is 0.176. The Morgan fingerprint density at radius 1 is 1.06 bits per heavy atom. The Morgan fingerprint density at radius 3 is 2.00 bits per heavy atom. The maximum absolute atomic E-state index is 11.8. The van der Waals surface area contributed by atoms with Crippen molar-refractivity contribution in [3.63, 3.8) is 0 Å². The van der Waals surface area contributed by atoms with Gasteiger partial charge in [0.05, 0.1) is 5.57 Å². The minimum atomic E-state index is -0.215. The first-order valence-electron chi connectivity index (χ1n) is 5.28. The van der Waals surface area contributed by atoms with Crippen molar-refractivity contribution in [1.29, 1.82) is 0 Å². The van der Waals surface area contributed by atoms with Gasteiger partial charge in [-0.3, -0.25) is 9.59 Å². The molecule has 0 saturated carbocycles. The second kappa shape index (κ2) is 3.76. The van der Waals surface area contributed by atoms with Crippen molar-refractivity contribution >= 4 is 17.6 Å². The van der Waals surface area contributed by atoms with Crippen LogP contribution in [0.4, 0.5) is 0 Å². The van der Waals surface area contributed by atoms with Crippen LogP contribution in [-0.4, -0.2) is 26.3 Å². The first-order valence-corrected chi connectivity index (χ1v) is 5.28. The van der Waals surface area contributed by atoms with Crippen LogP contribution in [0.3, 0.4) is 0 Å². The summed E-state index contributed by atoms with van der Waals surface area (Å²) in [5.74, 6) is 0.696. The highest BCUT2D eigenvalue weighted by Crippen LogP contribution is 2.25. The summed E-state index contributed by atoms with van der Waals surface area (Å²) in [4.78, 5) is 27.8. The van der Waals surface area contributed by atoms with Crippen LogP contribution >= 0.6 is 0 Å². The molecule has 0 atom stereocenters. The van der Waals surface area contributed by atoms with Crippen LogP contribution < -0.4 is 0 Å². The molecule has 0 radical (unpaired) electrons. The van der Waals surface area contributed by atoms with Gasteiger partial charge in [0.25, 0.3) is 0 Å². The summed E-state index contributed by atoms with van der Waals surface area (Å²) in [7, 11) is 1.73. The first kappa shape index (κ1) is 11.4. The van der Waals surface area contributed by atoms with Gasteiger partial charge in [0.2, 0.25) is 0 Å². The Morgan fingerprint density at radius 2 is 1.59 bits per heavy atom. The summed E-state index contributed by atoms with van der Waals surface area (Å²) in [6, 6.07) is 0. The number of hydrogen-bond acceptors (Lipinski definition) is 4. The zero-order valence-corrected chi connectivity index (χ0v) is 10.2. The van der Waals surface area contributed by atoms with E-state index in [1.807, 2.05) is 0 Å². The lowest BCUT2D eigenvalue weighted by Gasteiger charge is -1.95. The molecule has 0 bridgehead atoms. The zero-order chi connectivity index (χ0) is 12.7. The number of hydrogen-bond donors (Lipinski definition) is 0. The monoisotopic (exact) mass is 231 g/mol. The first-order chi connectivity index (χ1) is 7.91. The molecule has 1 heterocycles. The third kappa shape index (κ3) is 1.73. The maximum Gasteiger partial charge on any atom is 0.193 e. The van der Waals surface area contributed by atoms with Gasteiger partial charge in [0, 0.05) is 18.2 Å². The van der Waals surface area contributed by atoms with Gasteiger partial charge in [-0.2, -0.15) is 5.10 Å². The smallest absolute Gasteiger partial charge is 0.193 e. The van der Waals surface area contributed by atoms with Gasteiger partial charge in [-0.05, 0) is 26.8 Å². The van der Waals surface area contributed by atoms with Crippen molar-refractivity contribution in [3.05, 3.63) is 28.4 Å². The molecular formula is C12H13N3O2. The van der Waals surface area contributed by atoms with Crippen molar-refractivity contribution in [2.75, 3.05) is 0 Å². The van der Waals surface area contributed by atoms with Crippen LogP contribution in [0.15, 0.2) is 16.7 Å². The van der Waals surface area contributed by atoms with Gasteiger partial charge >= 0.3 is 0 Å². The third-order valence-electron chi connectivity index (χ3n) is 2.91. The molecule has 1 aliphatic carbocycles. The second-order valence-electron chi connectivity index (χ2n) is 4.11. The Balaban J connectivity index is 2.47. The number of rotatable bonds is 1. The molecule has 0 unspecified atom stereocenters. The van der Waals surface area contributed by atoms with Crippen LogP contribution in [0.25, 0.3) is 6.08 Å². The number of Topliss-reactive ketones (excluding diaryl/α,β-unsaturated/α-hetero) is 2. The topological polar surface area (TPSA) is 64.8 Å². The highest BCUT2D eigenvalue weighted by atomic mass is 16.2. The highest BCUT2D eigenvalue weighted by molar-refractivity contribution is 6.39. The molecule has 0 saturated heterocycles. The SMILES string of the molecule is CC1=C(C)C(=O)C(=Cc2nc(C)nn2C)C1=O. The standard InChI is InChI=1S/C12H13N3O2/c1-6-7(2)12(17)9(11(6)16)5-10-13-8(3)14-15(10)4/h5H,1-4H3. The molecule has 0 amide bonds. The quantitative estimate of drug-likeness (QED) is 0.534. The fourth-order valence-corrected chi connectivity index (χ4v) is 1.76. The number of carbonyl (C=O) groups is 2. The molecule has 2 rings (SSSR count). The van der Waals surface area contributed by atoms with E-state index < -0.39 is 0 Å². The summed E-state index contributed by atoms with van der Waals surface area (Å²) in [6.45, 7) is 5.09. The number of carbonyl (C=O) groups excluding carboxylic acids is 2. The van der Waals surface area contributed by atoms with Crippen molar-refractivity contribution in [3.8, 4) is 0 Å². The van der Waals surface area contributed by atoms with E-state index in [0.29, 0.717) is 22.8 Å². The summed E-state index contributed by atoms with van der Waals surface area (Å²) < 4.78 is 1.55. The lowest BCUT2D eigenvalue weighted by Crippen LogP contribution is -2.05. The Kier molecular flexibility index (Phi) is 2.53. The summed E-state index contributed by atoms with van der Waals surface area (Å²) in [5.41, 5.74) is 1.20. The third-order valence-corrected chi connectivity index (χ3v) is 2.91. The number of aromatic nitrogens is 3. The Hall–Kier alpha value is -2.04. The van der Waals surface area contributed by atoms with Crippen molar-refractivity contribution < 1.29 is 9.59 Å². The van der Waals surface area contributed by atoms with Gasteiger partial charge in [0.1, 0.15) is 5.82 Å². The van der Waals surface area contributed by atoms with E-state index in [-0.39, 0.29) is 17.1 Å². The Labute approximate surface area is 98.8 Å². The molecule has 17 heavy (non-hydrogen) atoms. The summed E-state index contributed by atoms with van der Waals surface area (Å²) >= 11 is 0. The van der Waals surface area contributed by atoms with E-state index in [0.717, 1.165) is 0 Å². The maximum atomic E-state index is 11.8. The molecule has 5 nitrogen and oxygen atoms in total. The number of allylic oxidation sites excluding steroid dienone is 3. The number of ketones is 2. The fraction of sp³-hybridized carbons (Fsp3) is 0.333. The predicted molar refractivity (Wildman–Crippen MR) is 62.1 cm³/mol. The predicted octanol–water partition coefficient (Wildman–Crippen LogP) is 0.995. The van der Waals surface area contributed by atoms with Gasteiger partial charge in [-0.1, -0.05) is 0 Å². The largest absolute Gasteiger partial charge is 0.289 e. The average molecular weight is 231 g/mol. The van der Waals surface area contributed by atoms with Gasteiger partial charge in [-0.25, -0.2) is 9.67 Å². The molecule has 0 fully saturated rings. The average Bonchev–Trinajstić information content (AvgIpc) is 2.67. The van der Waals surface area contributed by atoms with E-state index in [1.165, 1.54) is 6.08 Å². The molecule has 1 aromatic heterocycles. The normalized spacial score (nSPS) is 16.1. The van der Waals surface area contributed by atoms with Crippen LogP contribution in [0, 0.1) is 6.92 Å². The second-order valence-corrected chi connectivity index (χ2v) is 4.11. The fourth-order valence-electron chi connectivity index (χ4n) is 1.76. The van der Waals surface area contributed by atoms with Crippen LogP contribution in [-0.2, 0) is 16.6 Å². The molecular weight excluding hydrogens is 218 g/mol. The summed E-state index contributed by atoms with van der Waals surface area (Å²) in [5, 5.41) is 4.07. The van der Waals surface area contributed by atoms with E-state index >= 15 is 0 Å². The lowest BCUT2D eigenvalue weighted by atomic mass is 10.1. The molecule has 0 N–H and O–H groups in total. The van der Waals surface area contributed by atoms with Gasteiger partial charge in [0.15, 0.2) is 17.4 Å². The Bertz CT molecular complexity index is 565. The number of nitrogens with zero attached hydrogens (tertiary/aromatic N) is 3. The van der Waals surface area contributed by atoms with Crippen LogP contribution in [0.5, 0.6) is 0 Å². The molecule has 0 aromatic carbocycles. The highest BCUT2D eigenvalue weighted by Gasteiger charge is 2.30. The van der Waals surface area contributed by atoms with Gasteiger partial charge < -0.3 is 0 Å². The van der Waals surface area contributed by atoms with Crippen LogP contribution in [0.2, 0.25) is 0 Å². The zero-order valence-electron chi connectivity index (χ0n) is 10.2. The molecule has 1 aromatic rings. The van der Waals surface area contributed by atoms with Gasteiger partial charge in [-0.15, -0.1) is 0 Å².